The van der Waals surface area contributed by atoms with Crippen molar-refractivity contribution < 1.29 is 19.2 Å². The molecule has 1 aromatic carbocycles. The summed E-state index contributed by atoms with van der Waals surface area (Å²) in [5.74, 6) is 6.96. The lowest BCUT2D eigenvalue weighted by Gasteiger charge is -2.73. The van der Waals surface area contributed by atoms with Crippen molar-refractivity contribution in [3.63, 3.8) is 0 Å². The van der Waals surface area contributed by atoms with Crippen LogP contribution in [-0.4, -0.2) is 91.4 Å². The molecule has 53 heavy (non-hydrogen) atoms. The second-order valence-corrected chi connectivity index (χ2v) is 23.2. The fourth-order valence-corrected chi connectivity index (χ4v) is 17.9. The quantitative estimate of drug-likeness (QED) is 0.196. The van der Waals surface area contributed by atoms with Crippen LogP contribution in [0.3, 0.4) is 0 Å². The number of allylic oxidation sites excluding steroid dienone is 3. The highest BCUT2D eigenvalue weighted by atomic mass is 32.2. The number of rotatable bonds is 9. The third-order valence-electron chi connectivity index (χ3n) is 18.3. The molecule has 292 valence electrons. The molecule has 12 atom stereocenters. The SMILES string of the molecule is C=C(C)[C@@H]1CC[C@]2(N(CCO)CCN3C[C@@H]4C[C@H]3CS4(=C)=O)CC[C@]3(C)[C@H](CC[C@@H]4[C@@]5(C)CC=C(c6ccc(C(=O)O)cc6)C(C)(C)[C@@H]5CC[C@]43C)[C@@H]12. The highest BCUT2D eigenvalue weighted by Gasteiger charge is 2.71. The fourth-order valence-electron chi connectivity index (χ4n) is 15.6. The van der Waals surface area contributed by atoms with E-state index in [1.165, 1.54) is 68.1 Å². The van der Waals surface area contributed by atoms with Gasteiger partial charge in [0.15, 0.2) is 0 Å². The third kappa shape index (κ3) is 5.42. The average molecular weight is 745 g/mol. The van der Waals surface area contributed by atoms with Crippen molar-refractivity contribution in [3.05, 3.63) is 53.6 Å². The summed E-state index contributed by atoms with van der Waals surface area (Å²) < 4.78 is 13.0. The van der Waals surface area contributed by atoms with Gasteiger partial charge < -0.3 is 10.2 Å². The molecule has 0 aromatic heterocycles. The predicted octanol–water partition coefficient (Wildman–Crippen LogP) is 8.26. The molecule has 0 radical (unpaired) electrons. The lowest BCUT2D eigenvalue weighted by atomic mass is 9.33. The summed E-state index contributed by atoms with van der Waals surface area (Å²) in [6, 6.07) is 8.01. The maximum absolute atomic E-state index is 13.0. The molecule has 7 aliphatic rings. The van der Waals surface area contributed by atoms with E-state index >= 15 is 0 Å². The first-order valence-corrected chi connectivity index (χ1v) is 23.0. The Balaban J connectivity index is 1.09. The highest BCUT2D eigenvalue weighted by molar-refractivity contribution is 8.01. The van der Waals surface area contributed by atoms with E-state index in [0.717, 1.165) is 44.8 Å². The van der Waals surface area contributed by atoms with Crippen molar-refractivity contribution in [2.24, 2.45) is 51.2 Å². The first-order chi connectivity index (χ1) is 24.9. The number of carboxylic acids is 1. The van der Waals surface area contributed by atoms with Gasteiger partial charge in [-0.15, -0.1) is 0 Å². The number of carbonyl (C=O) groups is 1. The lowest BCUT2D eigenvalue weighted by Crippen LogP contribution is -2.68. The molecule has 8 rings (SSSR count). The zero-order valence-corrected chi connectivity index (χ0v) is 34.5. The van der Waals surface area contributed by atoms with E-state index in [-0.39, 0.29) is 39.1 Å². The molecule has 2 bridgehead atoms. The molecule has 2 N–H and O–H groups in total. The maximum Gasteiger partial charge on any atom is 0.335 e. The first-order valence-electron chi connectivity index (χ1n) is 21.1. The second kappa shape index (κ2) is 12.8. The standard InChI is InChI=1S/C46H68N2O4S/c1-30(2)35-15-20-46(48(25-26-49)24-23-47-28-34-27-33(47)29-53(34,8)52)22-21-44(6)37(40(35)46)13-14-39-43(5)18-16-36(31-9-11-32(12-10-31)41(50)51)42(3,4)38(43)17-19-45(39,44)7/h9-12,16,33-35,37-40,49H,1,8,13-15,17-29H2,2-7H3,(H,50,51)/t33-,34-,35-,37+,38-,39+,40+,43-,44+,45+,46-,53?/m0/s1. The Morgan fingerprint density at radius 3 is 2.32 bits per heavy atom. The van der Waals surface area contributed by atoms with Crippen molar-refractivity contribution in [1.29, 1.82) is 0 Å². The lowest BCUT2D eigenvalue weighted by molar-refractivity contribution is -0.228. The minimum Gasteiger partial charge on any atom is -0.478 e. The number of aliphatic hydroxyl groups is 1. The van der Waals surface area contributed by atoms with Crippen molar-refractivity contribution in [2.45, 2.75) is 123 Å². The van der Waals surface area contributed by atoms with Gasteiger partial charge in [0.05, 0.1) is 12.2 Å². The molecular formula is C46H68N2O4S. The topological polar surface area (TPSA) is 81.1 Å². The van der Waals surface area contributed by atoms with E-state index in [0.29, 0.717) is 41.2 Å². The zero-order valence-electron chi connectivity index (χ0n) is 33.7. The van der Waals surface area contributed by atoms with Crippen LogP contribution in [0.5, 0.6) is 0 Å². The first kappa shape index (κ1) is 38.0. The highest BCUT2D eigenvalue weighted by Crippen LogP contribution is 2.77. The Kier molecular flexibility index (Phi) is 9.17. The molecule has 6 nitrogen and oxygen atoms in total. The summed E-state index contributed by atoms with van der Waals surface area (Å²) >= 11 is 0. The average Bonchev–Trinajstić information content (AvgIpc) is 3.77. The normalized spacial score (nSPS) is 45.6. The predicted molar refractivity (Wildman–Crippen MR) is 219 cm³/mol. The van der Waals surface area contributed by atoms with Crippen molar-refractivity contribution in [2.75, 3.05) is 38.5 Å². The van der Waals surface area contributed by atoms with Crippen LogP contribution in [0.4, 0.5) is 0 Å². The molecular weight excluding hydrogens is 677 g/mol. The summed E-state index contributed by atoms with van der Waals surface area (Å²) in [5.41, 5.74) is 5.07. The molecule has 6 fully saturated rings. The largest absolute Gasteiger partial charge is 0.478 e. The molecule has 1 aromatic rings. The number of fused-ring (bicyclic) bond motifs is 9. The number of nitrogens with zero attached hydrogens (tertiary/aromatic N) is 2. The fraction of sp³-hybridized carbons (Fsp3) is 0.739. The van der Waals surface area contributed by atoms with Crippen LogP contribution in [0.1, 0.15) is 122 Å². The van der Waals surface area contributed by atoms with E-state index in [2.05, 4.69) is 69.9 Å². The molecule has 4 saturated carbocycles. The van der Waals surface area contributed by atoms with E-state index in [9.17, 15) is 19.2 Å². The van der Waals surface area contributed by atoms with Gasteiger partial charge in [0.1, 0.15) is 0 Å². The minimum atomic E-state index is -1.92. The summed E-state index contributed by atoms with van der Waals surface area (Å²) in [7, 11) is -1.92. The van der Waals surface area contributed by atoms with E-state index in [4.69, 9.17) is 0 Å². The van der Waals surface area contributed by atoms with Gasteiger partial charge in [-0.25, -0.2) is 4.79 Å². The Morgan fingerprint density at radius 1 is 0.962 bits per heavy atom. The van der Waals surface area contributed by atoms with Crippen LogP contribution in [0.15, 0.2) is 42.5 Å². The van der Waals surface area contributed by atoms with Gasteiger partial charge in [0.2, 0.25) is 0 Å². The van der Waals surface area contributed by atoms with Gasteiger partial charge >= 0.3 is 5.97 Å². The number of aliphatic hydroxyl groups excluding tert-OH is 1. The number of aromatic carboxylic acids is 1. The van der Waals surface area contributed by atoms with Crippen LogP contribution in [-0.2, 0) is 9.52 Å². The van der Waals surface area contributed by atoms with Crippen LogP contribution in [0.2, 0.25) is 0 Å². The Labute approximate surface area is 320 Å². The Bertz CT molecular complexity index is 1780. The second-order valence-electron chi connectivity index (χ2n) is 20.5. The van der Waals surface area contributed by atoms with Crippen LogP contribution in [0.25, 0.3) is 5.57 Å². The Morgan fingerprint density at radius 2 is 1.70 bits per heavy atom. The van der Waals surface area contributed by atoms with Crippen LogP contribution >= 0.6 is 0 Å². The summed E-state index contributed by atoms with van der Waals surface area (Å²) in [6.45, 7) is 23.8. The summed E-state index contributed by atoms with van der Waals surface area (Å²) in [4.78, 5) is 17.0. The van der Waals surface area contributed by atoms with Gasteiger partial charge in [-0.3, -0.25) is 14.0 Å². The van der Waals surface area contributed by atoms with Crippen LogP contribution < -0.4 is 0 Å². The number of hydrogen-bond acceptors (Lipinski definition) is 5. The number of β-amino-alcohol motifs (C(OH)–C–C–N with tert-alkyl or cyclic N) is 1. The van der Waals surface area contributed by atoms with E-state index in [1.54, 1.807) is 12.1 Å². The maximum atomic E-state index is 13.0. The molecule has 7 heteroatoms. The van der Waals surface area contributed by atoms with Gasteiger partial charge in [-0.1, -0.05) is 65.0 Å². The third-order valence-corrected chi connectivity index (χ3v) is 20.8. The smallest absolute Gasteiger partial charge is 0.335 e. The van der Waals surface area contributed by atoms with Gasteiger partial charge in [0.25, 0.3) is 0 Å². The molecule has 0 amide bonds. The number of benzene rings is 1. The molecule has 2 saturated heterocycles. The van der Waals surface area contributed by atoms with Crippen molar-refractivity contribution in [3.8, 4) is 0 Å². The molecule has 2 heterocycles. The van der Waals surface area contributed by atoms with Crippen LogP contribution in [0, 0.1) is 51.2 Å². The van der Waals surface area contributed by atoms with Gasteiger partial charge in [0, 0.05) is 48.8 Å². The molecule has 1 unspecified atom stereocenters. The van der Waals surface area contributed by atoms with E-state index in [1.807, 2.05) is 12.1 Å². The monoisotopic (exact) mass is 744 g/mol. The number of hydrogen-bond donors (Lipinski definition) is 2. The van der Waals surface area contributed by atoms with Gasteiger partial charge in [-0.2, -0.15) is 0 Å². The molecule has 2 aliphatic heterocycles. The molecule has 0 spiro atoms. The molecule has 5 aliphatic carbocycles. The van der Waals surface area contributed by atoms with Gasteiger partial charge in [-0.05, 0) is 161 Å². The van der Waals surface area contributed by atoms with Crippen molar-refractivity contribution >= 4 is 26.9 Å². The summed E-state index contributed by atoms with van der Waals surface area (Å²) in [6.07, 6.45) is 14.6. The van der Waals surface area contributed by atoms with Crippen molar-refractivity contribution in [1.82, 2.24) is 9.80 Å². The zero-order chi connectivity index (χ0) is 37.9. The number of likely N-dealkylation sites (tertiary alicyclic amines) is 1. The van der Waals surface area contributed by atoms with E-state index < -0.39 is 15.5 Å². The summed E-state index contributed by atoms with van der Waals surface area (Å²) in [5, 5.41) is 20.3. The Hall–Kier alpha value is -1.93. The minimum absolute atomic E-state index is 0.00117. The number of carboxylic acid groups (broad SMARTS) is 1.